The van der Waals surface area contributed by atoms with Gasteiger partial charge in [-0.15, -0.1) is 0 Å². The maximum absolute atomic E-state index is 12.1. The maximum atomic E-state index is 12.1. The van der Waals surface area contributed by atoms with Gasteiger partial charge in [-0.3, -0.25) is 14.3 Å². The van der Waals surface area contributed by atoms with Gasteiger partial charge in [-0.05, 0) is 24.3 Å². The number of aromatic nitrogens is 3. The third kappa shape index (κ3) is 4.23. The van der Waals surface area contributed by atoms with Crippen LogP contribution in [-0.2, 0) is 10.0 Å². The van der Waals surface area contributed by atoms with E-state index in [9.17, 15) is 18.0 Å². The zero-order valence-corrected chi connectivity index (χ0v) is 13.8. The Hall–Kier alpha value is -3.14. The van der Waals surface area contributed by atoms with Crippen LogP contribution in [0.15, 0.2) is 53.7 Å². The van der Waals surface area contributed by atoms with Crippen LogP contribution in [0.25, 0.3) is 5.52 Å². The third-order valence-corrected chi connectivity index (χ3v) is 4.66. The van der Waals surface area contributed by atoms with Crippen molar-refractivity contribution >= 4 is 27.1 Å². The van der Waals surface area contributed by atoms with Crippen LogP contribution >= 0.6 is 0 Å². The second-order valence-electron chi connectivity index (χ2n) is 5.23. The minimum absolute atomic E-state index is 0.0672. The van der Waals surface area contributed by atoms with Gasteiger partial charge in [-0.2, -0.15) is 5.10 Å². The Morgan fingerprint density at radius 3 is 2.84 bits per heavy atom. The summed E-state index contributed by atoms with van der Waals surface area (Å²) in [5, 5.41) is 6.52. The van der Waals surface area contributed by atoms with Crippen molar-refractivity contribution in [1.82, 2.24) is 19.9 Å². The van der Waals surface area contributed by atoms with Crippen molar-refractivity contribution < 1.29 is 13.2 Å². The molecule has 130 valence electrons. The van der Waals surface area contributed by atoms with Gasteiger partial charge in [0.25, 0.3) is 5.91 Å². The molecule has 0 saturated carbocycles. The Balaban J connectivity index is 1.57. The first kappa shape index (κ1) is 16.7. The first-order valence-electron chi connectivity index (χ1n) is 7.34. The number of pyridine rings is 2. The van der Waals surface area contributed by atoms with E-state index in [-0.39, 0.29) is 23.4 Å². The van der Waals surface area contributed by atoms with E-state index in [4.69, 9.17) is 0 Å². The van der Waals surface area contributed by atoms with Crippen molar-refractivity contribution in [1.29, 1.82) is 0 Å². The van der Waals surface area contributed by atoms with E-state index in [1.807, 2.05) is 0 Å². The Morgan fingerprint density at radius 1 is 1.24 bits per heavy atom. The molecule has 10 heteroatoms. The second kappa shape index (κ2) is 6.77. The van der Waals surface area contributed by atoms with Crippen molar-refractivity contribution in [3.05, 3.63) is 64.8 Å². The molecule has 0 spiro atoms. The lowest BCUT2D eigenvalue weighted by Crippen LogP contribution is -2.31. The lowest BCUT2D eigenvalue weighted by molar-refractivity contribution is 0.0955. The summed E-state index contributed by atoms with van der Waals surface area (Å²) in [7, 11) is -3.62. The lowest BCUT2D eigenvalue weighted by atomic mass is 10.3. The van der Waals surface area contributed by atoms with Crippen LogP contribution < -0.4 is 15.6 Å². The van der Waals surface area contributed by atoms with Gasteiger partial charge in [0.2, 0.25) is 15.6 Å². The summed E-state index contributed by atoms with van der Waals surface area (Å²) in [6, 6.07) is 7.59. The summed E-state index contributed by atoms with van der Waals surface area (Å²) < 4.78 is 28.3. The van der Waals surface area contributed by atoms with Crippen molar-refractivity contribution in [3.63, 3.8) is 0 Å². The maximum Gasteiger partial charge on any atom is 0.252 e. The fraction of sp³-hybridized carbons (Fsp3) is 0.133. The van der Waals surface area contributed by atoms with Crippen molar-refractivity contribution in [2.45, 2.75) is 0 Å². The van der Waals surface area contributed by atoms with Crippen molar-refractivity contribution in [3.8, 4) is 0 Å². The van der Waals surface area contributed by atoms with Gasteiger partial charge in [-0.1, -0.05) is 0 Å². The number of nitrogens with one attached hydrogen (secondary N) is 3. The molecule has 0 fully saturated rings. The smallest absolute Gasteiger partial charge is 0.252 e. The largest absolute Gasteiger partial charge is 0.351 e. The van der Waals surface area contributed by atoms with Crippen LogP contribution in [0.3, 0.4) is 0 Å². The molecule has 0 radical (unpaired) electrons. The van der Waals surface area contributed by atoms with Gasteiger partial charge in [0, 0.05) is 31.2 Å². The summed E-state index contributed by atoms with van der Waals surface area (Å²) in [6.45, 7) is -0.0672. The van der Waals surface area contributed by atoms with Crippen LogP contribution in [0.1, 0.15) is 10.4 Å². The van der Waals surface area contributed by atoms with Crippen LogP contribution in [0, 0.1) is 0 Å². The van der Waals surface area contributed by atoms with E-state index < -0.39 is 15.9 Å². The number of carbonyl (C=O) groups excluding carboxylic acids is 1. The predicted octanol–water partition coefficient (Wildman–Crippen LogP) is 0.194. The average molecular weight is 361 g/mol. The zero-order chi connectivity index (χ0) is 17.9. The molecule has 3 aromatic rings. The fourth-order valence-electron chi connectivity index (χ4n) is 2.17. The molecule has 3 heterocycles. The number of carbonyl (C=O) groups is 1. The van der Waals surface area contributed by atoms with E-state index in [2.05, 4.69) is 20.1 Å². The van der Waals surface area contributed by atoms with Gasteiger partial charge >= 0.3 is 0 Å². The summed E-state index contributed by atoms with van der Waals surface area (Å²) in [5.74, 6) is -0.751. The number of hydrogen-bond acceptors (Lipinski definition) is 5. The molecular weight excluding hydrogens is 346 g/mol. The van der Waals surface area contributed by atoms with Gasteiger partial charge in [-0.25, -0.2) is 12.9 Å². The van der Waals surface area contributed by atoms with E-state index in [1.54, 1.807) is 35.1 Å². The molecule has 0 saturated heterocycles. The van der Waals surface area contributed by atoms with Gasteiger partial charge < -0.3 is 10.3 Å². The topological polar surface area (TPSA) is 125 Å². The second-order valence-corrected chi connectivity index (χ2v) is 7.08. The van der Waals surface area contributed by atoms with Crippen LogP contribution in [-0.4, -0.2) is 41.2 Å². The molecule has 9 nitrogen and oxygen atoms in total. The van der Waals surface area contributed by atoms with Crippen molar-refractivity contribution in [2.24, 2.45) is 0 Å². The molecule has 0 unspecified atom stereocenters. The quantitative estimate of drug-likeness (QED) is 0.578. The highest BCUT2D eigenvalue weighted by molar-refractivity contribution is 7.92. The number of hydrogen-bond donors (Lipinski definition) is 3. The summed E-state index contributed by atoms with van der Waals surface area (Å²) in [4.78, 5) is 25.2. The number of fused-ring (bicyclic) bond motifs is 1. The summed E-state index contributed by atoms with van der Waals surface area (Å²) >= 11 is 0. The summed E-state index contributed by atoms with van der Waals surface area (Å²) in [5.41, 5.74) is 1.10. The predicted molar refractivity (Wildman–Crippen MR) is 92.0 cm³/mol. The van der Waals surface area contributed by atoms with Crippen LogP contribution in [0.4, 0.5) is 5.69 Å². The van der Waals surface area contributed by atoms with E-state index in [0.717, 1.165) is 5.52 Å². The summed E-state index contributed by atoms with van der Waals surface area (Å²) in [6.07, 6.45) is 4.52. The highest BCUT2D eigenvalue weighted by Crippen LogP contribution is 2.12. The van der Waals surface area contributed by atoms with Crippen LogP contribution in [0.5, 0.6) is 0 Å². The number of aromatic amines is 1. The molecule has 0 aliphatic carbocycles. The number of amides is 1. The molecule has 0 aromatic carbocycles. The Bertz CT molecular complexity index is 1050. The molecule has 1 amide bonds. The third-order valence-electron chi connectivity index (χ3n) is 3.38. The van der Waals surface area contributed by atoms with Crippen LogP contribution in [0.2, 0.25) is 0 Å². The normalized spacial score (nSPS) is 11.4. The number of H-pyrrole nitrogens is 1. The molecule has 25 heavy (non-hydrogen) atoms. The molecule has 3 N–H and O–H groups in total. The molecule has 0 aliphatic heterocycles. The average Bonchev–Trinajstić information content (AvgIpc) is 3.02. The molecule has 0 aliphatic rings. The van der Waals surface area contributed by atoms with Gasteiger partial charge in [0.05, 0.1) is 22.5 Å². The monoisotopic (exact) mass is 361 g/mol. The molecule has 0 bridgehead atoms. The van der Waals surface area contributed by atoms with Crippen molar-refractivity contribution in [2.75, 3.05) is 17.0 Å². The Kier molecular flexibility index (Phi) is 4.52. The first-order valence-corrected chi connectivity index (χ1v) is 8.99. The highest BCUT2D eigenvalue weighted by atomic mass is 32.2. The van der Waals surface area contributed by atoms with E-state index in [0.29, 0.717) is 5.69 Å². The SMILES string of the molecule is O=C(NCCS(=O)(=O)Nc1ccn2nccc2c1)c1ccc(=O)[nH]c1. The minimum Gasteiger partial charge on any atom is -0.351 e. The number of rotatable bonds is 6. The Labute approximate surface area is 142 Å². The van der Waals surface area contributed by atoms with E-state index in [1.165, 1.54) is 18.3 Å². The molecular formula is C15H15N5O4S. The number of anilines is 1. The number of nitrogens with zero attached hydrogens (tertiary/aromatic N) is 2. The van der Waals surface area contributed by atoms with Gasteiger partial charge in [0.15, 0.2) is 0 Å². The highest BCUT2D eigenvalue weighted by Gasteiger charge is 2.12. The number of sulfonamides is 1. The standard InChI is InChI=1S/C15H15N5O4S/c21-14-2-1-11(10-17-14)15(22)16-6-8-25(23,24)19-12-4-7-20-13(9-12)3-5-18-20/h1-5,7,9-10,19H,6,8H2,(H,16,22)(H,17,21). The first-order chi connectivity index (χ1) is 11.9. The molecule has 3 aromatic heterocycles. The fourth-order valence-corrected chi connectivity index (χ4v) is 3.13. The van der Waals surface area contributed by atoms with Gasteiger partial charge in [0.1, 0.15) is 0 Å². The van der Waals surface area contributed by atoms with E-state index >= 15 is 0 Å². The molecule has 0 atom stereocenters. The lowest BCUT2D eigenvalue weighted by Gasteiger charge is -2.09. The Morgan fingerprint density at radius 2 is 2.08 bits per heavy atom. The molecule has 3 rings (SSSR count). The zero-order valence-electron chi connectivity index (χ0n) is 13.0. The minimum atomic E-state index is -3.62.